The standard InChI is InChI=1S/C27H29N3O5S/c1-4-16-35-25-15-12-21(17-26(25)34-3)19-28-29-27(31)18-24(22-8-6-5-7-9-22)30-36(32,33)23-13-10-20(2)11-14-23/h4-15,17,19,24,30H,1,16,18H2,2-3H3,(H,29,31)/b28-19-/t24-/m0/s1. The summed E-state index contributed by atoms with van der Waals surface area (Å²) in [5.74, 6) is 0.622. The summed E-state index contributed by atoms with van der Waals surface area (Å²) >= 11 is 0. The van der Waals surface area contributed by atoms with E-state index in [0.29, 0.717) is 29.2 Å². The third kappa shape index (κ3) is 7.53. The maximum atomic E-state index is 13.0. The number of rotatable bonds is 12. The molecule has 3 rings (SSSR count). The number of ether oxygens (including phenoxy) is 2. The quantitative estimate of drug-likeness (QED) is 0.218. The van der Waals surface area contributed by atoms with Gasteiger partial charge in [0.05, 0.1) is 24.3 Å². The monoisotopic (exact) mass is 507 g/mol. The maximum absolute atomic E-state index is 13.0. The van der Waals surface area contributed by atoms with Crippen LogP contribution < -0.4 is 19.6 Å². The second kappa shape index (κ2) is 12.7. The van der Waals surface area contributed by atoms with E-state index in [1.54, 1.807) is 60.7 Å². The minimum Gasteiger partial charge on any atom is -0.493 e. The van der Waals surface area contributed by atoms with Gasteiger partial charge in [-0.1, -0.05) is 60.7 Å². The van der Waals surface area contributed by atoms with Crippen LogP contribution in [0.5, 0.6) is 11.5 Å². The van der Waals surface area contributed by atoms with Gasteiger partial charge in [0.15, 0.2) is 11.5 Å². The molecule has 0 aliphatic carbocycles. The molecule has 0 spiro atoms. The third-order valence-electron chi connectivity index (χ3n) is 5.17. The number of aryl methyl sites for hydroxylation is 1. The van der Waals surface area contributed by atoms with Crippen molar-refractivity contribution in [2.24, 2.45) is 5.10 Å². The zero-order valence-electron chi connectivity index (χ0n) is 20.2. The first kappa shape index (κ1) is 26.7. The molecule has 36 heavy (non-hydrogen) atoms. The lowest BCUT2D eigenvalue weighted by Gasteiger charge is -2.18. The molecule has 2 N–H and O–H groups in total. The van der Waals surface area contributed by atoms with Gasteiger partial charge in [-0.2, -0.15) is 5.10 Å². The molecule has 0 radical (unpaired) electrons. The van der Waals surface area contributed by atoms with Crippen LogP contribution >= 0.6 is 0 Å². The molecule has 0 saturated carbocycles. The van der Waals surface area contributed by atoms with Crippen molar-refractivity contribution in [3.05, 3.63) is 102 Å². The molecule has 0 unspecified atom stereocenters. The Bertz CT molecular complexity index is 1310. The molecule has 3 aromatic rings. The summed E-state index contributed by atoms with van der Waals surface area (Å²) in [6.07, 6.45) is 2.95. The third-order valence-corrected chi connectivity index (χ3v) is 6.65. The van der Waals surface area contributed by atoms with E-state index in [9.17, 15) is 13.2 Å². The van der Waals surface area contributed by atoms with Gasteiger partial charge in [-0.05, 0) is 48.4 Å². The van der Waals surface area contributed by atoms with Gasteiger partial charge in [-0.15, -0.1) is 0 Å². The summed E-state index contributed by atoms with van der Waals surface area (Å²) in [5, 5.41) is 4.01. The van der Waals surface area contributed by atoms with Gasteiger partial charge in [0.1, 0.15) is 6.61 Å². The van der Waals surface area contributed by atoms with Crippen molar-refractivity contribution in [3.63, 3.8) is 0 Å². The largest absolute Gasteiger partial charge is 0.493 e. The fourth-order valence-electron chi connectivity index (χ4n) is 3.33. The molecule has 1 atom stereocenters. The highest BCUT2D eigenvalue weighted by Gasteiger charge is 2.23. The number of carbonyl (C=O) groups is 1. The van der Waals surface area contributed by atoms with Crippen LogP contribution in [0, 0.1) is 6.92 Å². The molecule has 188 valence electrons. The first-order valence-corrected chi connectivity index (χ1v) is 12.7. The van der Waals surface area contributed by atoms with Gasteiger partial charge < -0.3 is 9.47 Å². The highest BCUT2D eigenvalue weighted by atomic mass is 32.2. The average molecular weight is 508 g/mol. The lowest BCUT2D eigenvalue weighted by Crippen LogP contribution is -2.32. The van der Waals surface area contributed by atoms with Crippen LogP contribution in [0.4, 0.5) is 0 Å². The number of sulfonamides is 1. The van der Waals surface area contributed by atoms with E-state index in [4.69, 9.17) is 9.47 Å². The summed E-state index contributed by atoms with van der Waals surface area (Å²) < 4.78 is 39.4. The number of carbonyl (C=O) groups excluding carboxylic acids is 1. The minimum absolute atomic E-state index is 0.127. The van der Waals surface area contributed by atoms with Crippen molar-refractivity contribution >= 4 is 22.1 Å². The Labute approximate surface area is 211 Å². The van der Waals surface area contributed by atoms with E-state index in [0.717, 1.165) is 5.56 Å². The van der Waals surface area contributed by atoms with Gasteiger partial charge in [0.25, 0.3) is 0 Å². The molecular formula is C27H29N3O5S. The fraction of sp³-hybridized carbons (Fsp3) is 0.185. The second-order valence-electron chi connectivity index (χ2n) is 7.90. The fourth-order valence-corrected chi connectivity index (χ4v) is 4.55. The number of benzene rings is 3. The number of hydrazone groups is 1. The Morgan fingerprint density at radius 3 is 2.44 bits per heavy atom. The highest BCUT2D eigenvalue weighted by molar-refractivity contribution is 7.89. The number of hydrogen-bond donors (Lipinski definition) is 2. The summed E-state index contributed by atoms with van der Waals surface area (Å²) in [5.41, 5.74) is 4.75. The molecule has 0 fully saturated rings. The first-order valence-electron chi connectivity index (χ1n) is 11.2. The molecule has 0 heterocycles. The molecule has 8 nitrogen and oxygen atoms in total. The van der Waals surface area contributed by atoms with Crippen molar-refractivity contribution in [2.75, 3.05) is 13.7 Å². The molecule has 0 aliphatic rings. The summed E-state index contributed by atoms with van der Waals surface area (Å²) in [6.45, 7) is 5.84. The maximum Gasteiger partial charge on any atom is 0.242 e. The summed E-state index contributed by atoms with van der Waals surface area (Å²) in [4.78, 5) is 12.8. The van der Waals surface area contributed by atoms with Gasteiger partial charge in [-0.3, -0.25) is 4.79 Å². The van der Waals surface area contributed by atoms with Gasteiger partial charge in [-0.25, -0.2) is 18.6 Å². The number of hydrogen-bond acceptors (Lipinski definition) is 6. The van der Waals surface area contributed by atoms with Crippen molar-refractivity contribution < 1.29 is 22.7 Å². The molecular weight excluding hydrogens is 478 g/mol. The van der Waals surface area contributed by atoms with Crippen molar-refractivity contribution in [1.82, 2.24) is 10.1 Å². The van der Waals surface area contributed by atoms with Crippen molar-refractivity contribution in [3.8, 4) is 11.5 Å². The molecule has 0 bridgehead atoms. The number of nitrogens with zero attached hydrogens (tertiary/aromatic N) is 1. The molecule has 9 heteroatoms. The van der Waals surface area contributed by atoms with Crippen LogP contribution in [0.15, 0.2) is 95.4 Å². The molecule has 0 aromatic heterocycles. The first-order chi connectivity index (χ1) is 17.3. The highest BCUT2D eigenvalue weighted by Crippen LogP contribution is 2.27. The Balaban J connectivity index is 1.70. The van der Waals surface area contributed by atoms with Crippen LogP contribution in [-0.4, -0.2) is 34.3 Å². The average Bonchev–Trinajstić information content (AvgIpc) is 2.88. The van der Waals surface area contributed by atoms with E-state index in [1.165, 1.54) is 25.5 Å². The van der Waals surface area contributed by atoms with Gasteiger partial charge in [0.2, 0.25) is 15.9 Å². The predicted octanol–water partition coefficient (Wildman–Crippen LogP) is 4.13. The molecule has 1 amide bonds. The van der Waals surface area contributed by atoms with Crippen LogP contribution in [0.2, 0.25) is 0 Å². The predicted molar refractivity (Wildman–Crippen MR) is 140 cm³/mol. The Morgan fingerprint density at radius 1 is 1.06 bits per heavy atom. The smallest absolute Gasteiger partial charge is 0.242 e. The van der Waals surface area contributed by atoms with Crippen LogP contribution in [-0.2, 0) is 14.8 Å². The van der Waals surface area contributed by atoms with Crippen LogP contribution in [0.1, 0.15) is 29.2 Å². The van der Waals surface area contributed by atoms with E-state index >= 15 is 0 Å². The zero-order valence-corrected chi connectivity index (χ0v) is 21.0. The normalized spacial score (nSPS) is 12.2. The van der Waals surface area contributed by atoms with E-state index in [1.807, 2.05) is 13.0 Å². The minimum atomic E-state index is -3.85. The van der Waals surface area contributed by atoms with E-state index < -0.39 is 22.0 Å². The SMILES string of the molecule is C=CCOc1ccc(/C=N\NC(=O)C[C@H](NS(=O)(=O)c2ccc(C)cc2)c2ccccc2)cc1OC. The molecule has 0 saturated heterocycles. The Hall–Kier alpha value is -3.95. The summed E-state index contributed by atoms with van der Waals surface area (Å²) in [6, 6.07) is 19.9. The van der Waals surface area contributed by atoms with E-state index in [-0.39, 0.29) is 11.3 Å². The Kier molecular flexibility index (Phi) is 9.38. The number of nitrogens with one attached hydrogen (secondary N) is 2. The topological polar surface area (TPSA) is 106 Å². The number of methoxy groups -OCH3 is 1. The van der Waals surface area contributed by atoms with Gasteiger partial charge in [0, 0.05) is 6.42 Å². The lowest BCUT2D eigenvalue weighted by atomic mass is 10.0. The van der Waals surface area contributed by atoms with Gasteiger partial charge >= 0.3 is 0 Å². The Morgan fingerprint density at radius 2 is 1.78 bits per heavy atom. The van der Waals surface area contributed by atoms with Crippen LogP contribution in [0.25, 0.3) is 0 Å². The van der Waals surface area contributed by atoms with Crippen LogP contribution in [0.3, 0.4) is 0 Å². The van der Waals surface area contributed by atoms with Crippen molar-refractivity contribution in [1.29, 1.82) is 0 Å². The molecule has 3 aromatic carbocycles. The second-order valence-corrected chi connectivity index (χ2v) is 9.62. The molecule has 0 aliphatic heterocycles. The lowest BCUT2D eigenvalue weighted by molar-refractivity contribution is -0.121. The van der Waals surface area contributed by atoms with E-state index in [2.05, 4.69) is 21.8 Å². The summed E-state index contributed by atoms with van der Waals surface area (Å²) in [7, 11) is -2.32. The van der Waals surface area contributed by atoms with Crippen molar-refractivity contribution in [2.45, 2.75) is 24.3 Å². The number of amides is 1. The zero-order chi connectivity index (χ0) is 26.0.